The number of amides is 1. The summed E-state index contributed by atoms with van der Waals surface area (Å²) in [6, 6.07) is 11.4. The Morgan fingerprint density at radius 1 is 0.946 bits per heavy atom. The van der Waals surface area contributed by atoms with Gasteiger partial charge in [-0.2, -0.15) is 13.2 Å². The van der Waals surface area contributed by atoms with Gasteiger partial charge in [-0.05, 0) is 47.0 Å². The molecule has 0 heterocycles. The number of rotatable bonds is 8. The fraction of sp³-hybridized carbons (Fsp3) is 0.160. The van der Waals surface area contributed by atoms with Gasteiger partial charge in [0.05, 0.1) is 17.7 Å². The van der Waals surface area contributed by atoms with Crippen molar-refractivity contribution in [2.75, 3.05) is 0 Å². The molecule has 3 aromatic carbocycles. The molecule has 0 aliphatic carbocycles. The maximum absolute atomic E-state index is 13.8. The summed E-state index contributed by atoms with van der Waals surface area (Å²) in [4.78, 5) is 27.7. The number of aliphatic imine (C=N–C) groups is 1. The molecule has 3 rings (SSSR count). The minimum atomic E-state index is -4.76. The van der Waals surface area contributed by atoms with Crippen molar-refractivity contribution in [1.82, 2.24) is 5.32 Å². The predicted octanol–water partition coefficient (Wildman–Crippen LogP) is 4.43. The van der Waals surface area contributed by atoms with Gasteiger partial charge >= 0.3 is 12.1 Å². The van der Waals surface area contributed by atoms with Crippen molar-refractivity contribution < 1.29 is 36.6 Å². The maximum atomic E-state index is 13.8. The third kappa shape index (κ3) is 7.50. The number of carboxylic acids is 1. The molecule has 0 saturated heterocycles. The molecule has 0 aliphatic rings. The lowest BCUT2D eigenvalue weighted by atomic mass is 9.87. The highest BCUT2D eigenvalue weighted by Gasteiger charge is 2.32. The molecule has 1 unspecified atom stereocenters. The minimum Gasteiger partial charge on any atom is -0.481 e. The number of nitrogens with two attached hydrogens (primary N) is 2. The van der Waals surface area contributed by atoms with Crippen LogP contribution >= 0.6 is 0 Å². The Bertz CT molecular complexity index is 1330. The van der Waals surface area contributed by atoms with Crippen LogP contribution in [0.15, 0.2) is 65.7 Å². The molecule has 7 nitrogen and oxygen atoms in total. The Labute approximate surface area is 207 Å². The average molecular weight is 520 g/mol. The zero-order chi connectivity index (χ0) is 27.3. The van der Waals surface area contributed by atoms with Gasteiger partial charge in [-0.15, -0.1) is 0 Å². The Morgan fingerprint density at radius 2 is 1.62 bits per heavy atom. The molecule has 0 aromatic heterocycles. The standard InChI is InChI=1S/C25H21F5N4O3/c26-18-6-15(7-19(27)10-18)21(11-22(35)36)14-3-1-2-13(4-14)12-33-23(37)16-5-17(25(28,29)30)9-20(8-16)34-24(31)32/h1-10,21H,11-12H2,(H,33,37)(H,35,36)(H4,31,32,34). The average Bonchev–Trinajstić information content (AvgIpc) is 2.79. The van der Waals surface area contributed by atoms with E-state index in [-0.39, 0.29) is 23.4 Å². The molecule has 6 N–H and O–H groups in total. The first-order valence-electron chi connectivity index (χ1n) is 10.7. The lowest BCUT2D eigenvalue weighted by Gasteiger charge is -2.18. The van der Waals surface area contributed by atoms with Crippen LogP contribution in [0.5, 0.6) is 0 Å². The molecule has 0 aliphatic heterocycles. The fourth-order valence-corrected chi connectivity index (χ4v) is 3.70. The molecular weight excluding hydrogens is 499 g/mol. The van der Waals surface area contributed by atoms with E-state index in [1.165, 1.54) is 6.07 Å². The number of nitrogens with one attached hydrogen (secondary N) is 1. The van der Waals surface area contributed by atoms with Crippen molar-refractivity contribution in [1.29, 1.82) is 0 Å². The van der Waals surface area contributed by atoms with Gasteiger partial charge in [-0.1, -0.05) is 24.3 Å². The zero-order valence-corrected chi connectivity index (χ0v) is 19.0. The van der Waals surface area contributed by atoms with Crippen molar-refractivity contribution in [2.24, 2.45) is 16.5 Å². The van der Waals surface area contributed by atoms with Crippen LogP contribution in [0.25, 0.3) is 0 Å². The summed E-state index contributed by atoms with van der Waals surface area (Å²) < 4.78 is 67.3. The second kappa shape index (κ2) is 11.1. The van der Waals surface area contributed by atoms with Gasteiger partial charge in [0.1, 0.15) is 11.6 Å². The largest absolute Gasteiger partial charge is 0.481 e. The first-order chi connectivity index (χ1) is 17.3. The number of nitrogens with zero attached hydrogens (tertiary/aromatic N) is 1. The molecule has 1 amide bonds. The third-order valence-corrected chi connectivity index (χ3v) is 5.24. The van der Waals surface area contributed by atoms with Gasteiger partial charge in [0.2, 0.25) is 0 Å². The van der Waals surface area contributed by atoms with Crippen LogP contribution in [0.2, 0.25) is 0 Å². The summed E-state index contributed by atoms with van der Waals surface area (Å²) in [5, 5.41) is 11.8. The molecule has 1 atom stereocenters. The highest BCUT2D eigenvalue weighted by molar-refractivity contribution is 5.95. The predicted molar refractivity (Wildman–Crippen MR) is 125 cm³/mol. The van der Waals surface area contributed by atoms with Gasteiger partial charge in [0, 0.05) is 24.1 Å². The number of hydrogen-bond donors (Lipinski definition) is 4. The van der Waals surface area contributed by atoms with E-state index in [0.717, 1.165) is 18.2 Å². The Hall–Kier alpha value is -4.48. The number of carbonyl (C=O) groups is 2. The van der Waals surface area contributed by atoms with Crippen LogP contribution in [-0.2, 0) is 17.5 Å². The first kappa shape index (κ1) is 27.1. The lowest BCUT2D eigenvalue weighted by molar-refractivity contribution is -0.138. The Balaban J connectivity index is 1.86. The van der Waals surface area contributed by atoms with Gasteiger partial charge < -0.3 is 21.9 Å². The van der Waals surface area contributed by atoms with Crippen LogP contribution in [0.3, 0.4) is 0 Å². The van der Waals surface area contributed by atoms with E-state index < -0.39 is 53.5 Å². The number of aliphatic carboxylic acids is 1. The second-order valence-corrected chi connectivity index (χ2v) is 8.08. The summed E-state index contributed by atoms with van der Waals surface area (Å²) >= 11 is 0. The SMILES string of the molecule is NC(N)=Nc1cc(C(=O)NCc2cccc(C(CC(=O)O)c3cc(F)cc(F)c3)c2)cc(C(F)(F)F)c1. The highest BCUT2D eigenvalue weighted by atomic mass is 19.4. The van der Waals surface area contributed by atoms with Crippen LogP contribution in [0.4, 0.5) is 27.6 Å². The first-order valence-corrected chi connectivity index (χ1v) is 10.7. The van der Waals surface area contributed by atoms with E-state index in [2.05, 4.69) is 10.3 Å². The van der Waals surface area contributed by atoms with Crippen LogP contribution in [-0.4, -0.2) is 22.9 Å². The van der Waals surface area contributed by atoms with Crippen LogP contribution in [0.1, 0.15) is 45.0 Å². The second-order valence-electron chi connectivity index (χ2n) is 8.08. The van der Waals surface area contributed by atoms with Crippen molar-refractivity contribution in [3.05, 3.63) is 100 Å². The van der Waals surface area contributed by atoms with Crippen molar-refractivity contribution in [3.63, 3.8) is 0 Å². The Morgan fingerprint density at radius 3 is 2.22 bits per heavy atom. The van der Waals surface area contributed by atoms with E-state index in [0.29, 0.717) is 29.3 Å². The molecular formula is C25H21F5N4O3. The number of benzene rings is 3. The molecule has 3 aromatic rings. The molecule has 194 valence electrons. The van der Waals surface area contributed by atoms with Gasteiger partial charge in [-0.3, -0.25) is 9.59 Å². The van der Waals surface area contributed by atoms with Gasteiger partial charge in [-0.25, -0.2) is 13.8 Å². The summed E-state index contributed by atoms with van der Waals surface area (Å²) in [5.74, 6) is -5.17. The summed E-state index contributed by atoms with van der Waals surface area (Å²) in [6.45, 7) is -0.141. The molecule has 12 heteroatoms. The summed E-state index contributed by atoms with van der Waals surface area (Å²) in [5.41, 5.74) is 9.73. The molecule has 0 radical (unpaired) electrons. The molecule has 0 saturated carbocycles. The minimum absolute atomic E-state index is 0.109. The lowest BCUT2D eigenvalue weighted by Crippen LogP contribution is -2.24. The van der Waals surface area contributed by atoms with Crippen LogP contribution in [0, 0.1) is 11.6 Å². The molecule has 0 bridgehead atoms. The van der Waals surface area contributed by atoms with Crippen molar-refractivity contribution >= 4 is 23.5 Å². The highest BCUT2D eigenvalue weighted by Crippen LogP contribution is 2.33. The van der Waals surface area contributed by atoms with Crippen molar-refractivity contribution in [3.8, 4) is 0 Å². The zero-order valence-electron chi connectivity index (χ0n) is 19.0. The van der Waals surface area contributed by atoms with Crippen LogP contribution < -0.4 is 16.8 Å². The number of carboxylic acid groups (broad SMARTS) is 1. The third-order valence-electron chi connectivity index (χ3n) is 5.24. The van der Waals surface area contributed by atoms with E-state index in [9.17, 15) is 36.6 Å². The number of hydrogen-bond acceptors (Lipinski definition) is 3. The topological polar surface area (TPSA) is 131 Å². The smallest absolute Gasteiger partial charge is 0.416 e. The van der Waals surface area contributed by atoms with Crippen molar-refractivity contribution in [2.45, 2.75) is 25.1 Å². The molecule has 37 heavy (non-hydrogen) atoms. The molecule has 0 fully saturated rings. The van der Waals surface area contributed by atoms with E-state index in [1.807, 2.05) is 0 Å². The normalized spacial score (nSPS) is 12.0. The fourth-order valence-electron chi connectivity index (χ4n) is 3.70. The monoisotopic (exact) mass is 520 g/mol. The summed E-state index contributed by atoms with van der Waals surface area (Å²) in [6.07, 6.45) is -5.22. The maximum Gasteiger partial charge on any atom is 0.416 e. The van der Waals surface area contributed by atoms with Gasteiger partial charge in [0.15, 0.2) is 5.96 Å². The molecule has 0 spiro atoms. The Kier molecular flexibility index (Phi) is 8.11. The number of carbonyl (C=O) groups excluding carboxylic acids is 1. The summed E-state index contributed by atoms with van der Waals surface area (Å²) in [7, 11) is 0. The van der Waals surface area contributed by atoms with E-state index >= 15 is 0 Å². The number of halogens is 5. The number of guanidine groups is 1. The number of alkyl halides is 3. The van der Waals surface area contributed by atoms with E-state index in [1.54, 1.807) is 18.2 Å². The van der Waals surface area contributed by atoms with Gasteiger partial charge in [0.25, 0.3) is 5.91 Å². The quantitative estimate of drug-likeness (QED) is 0.198. The van der Waals surface area contributed by atoms with E-state index in [4.69, 9.17) is 11.5 Å².